The normalized spacial score (nSPS) is 34.4. The number of amides is 2. The summed E-state index contributed by atoms with van der Waals surface area (Å²) >= 11 is 1.29. The third-order valence-corrected chi connectivity index (χ3v) is 7.54. The Balaban J connectivity index is 1.36. The second kappa shape index (κ2) is 5.64. The molecule has 2 aromatic rings. The standard InChI is InChI=1S/C22H17NO4S/c24-20-18-11-7-8-12(14-10-13(11)14)19(18)21(25)23(20)15-4-1-2-5-16(15)27-22(26)17-6-3-9-28-17/h1-9,11-14,18-19H,10H2/t11-,12-,13-,14+,18-,19+/m0/s1. The van der Waals surface area contributed by atoms with Crippen LogP contribution in [0.25, 0.3) is 0 Å². The minimum Gasteiger partial charge on any atom is -0.420 e. The van der Waals surface area contributed by atoms with Crippen LogP contribution in [-0.2, 0) is 9.59 Å². The lowest BCUT2D eigenvalue weighted by Crippen LogP contribution is -2.40. The van der Waals surface area contributed by atoms with Gasteiger partial charge in [-0.3, -0.25) is 9.59 Å². The molecule has 0 unspecified atom stereocenters. The summed E-state index contributed by atoms with van der Waals surface area (Å²) < 4.78 is 5.56. The van der Waals surface area contributed by atoms with Crippen molar-refractivity contribution >= 4 is 34.8 Å². The topological polar surface area (TPSA) is 63.7 Å². The molecule has 2 heterocycles. The van der Waals surface area contributed by atoms with Gasteiger partial charge in [0.2, 0.25) is 11.8 Å². The maximum atomic E-state index is 13.3. The molecule has 2 amide bonds. The number of nitrogens with zero attached hydrogens (tertiary/aromatic N) is 1. The minimum absolute atomic E-state index is 0.153. The van der Waals surface area contributed by atoms with Crippen LogP contribution in [0.5, 0.6) is 5.75 Å². The first-order chi connectivity index (χ1) is 13.6. The van der Waals surface area contributed by atoms with E-state index < -0.39 is 5.97 Å². The molecule has 3 fully saturated rings. The zero-order valence-electron chi connectivity index (χ0n) is 14.9. The molecule has 140 valence electrons. The fourth-order valence-electron chi connectivity index (χ4n) is 5.47. The molecule has 2 saturated carbocycles. The predicted molar refractivity (Wildman–Crippen MR) is 103 cm³/mol. The molecule has 4 aliphatic carbocycles. The van der Waals surface area contributed by atoms with Gasteiger partial charge < -0.3 is 4.74 Å². The number of carbonyl (C=O) groups excluding carboxylic acids is 3. The number of allylic oxidation sites excluding steroid dienone is 2. The number of imide groups is 1. The van der Waals surface area contributed by atoms with Crippen molar-refractivity contribution < 1.29 is 19.1 Å². The van der Waals surface area contributed by atoms with Gasteiger partial charge in [0, 0.05) is 0 Å². The number of hydrogen-bond acceptors (Lipinski definition) is 5. The van der Waals surface area contributed by atoms with Crippen molar-refractivity contribution in [2.24, 2.45) is 35.5 Å². The zero-order valence-corrected chi connectivity index (χ0v) is 15.7. The Morgan fingerprint density at radius 1 is 0.964 bits per heavy atom. The molecule has 6 atom stereocenters. The molecular formula is C22H17NO4S. The number of para-hydroxylation sites is 2. The Hall–Kier alpha value is -2.73. The van der Waals surface area contributed by atoms with Crippen LogP contribution in [0.4, 0.5) is 5.69 Å². The number of esters is 1. The highest BCUT2D eigenvalue weighted by Crippen LogP contribution is 2.65. The van der Waals surface area contributed by atoms with E-state index in [-0.39, 0.29) is 41.2 Å². The van der Waals surface area contributed by atoms with Gasteiger partial charge in [0.1, 0.15) is 4.88 Å². The van der Waals surface area contributed by atoms with Gasteiger partial charge in [0.15, 0.2) is 5.75 Å². The van der Waals surface area contributed by atoms with E-state index in [2.05, 4.69) is 12.2 Å². The summed E-state index contributed by atoms with van der Waals surface area (Å²) in [6, 6.07) is 10.3. The summed E-state index contributed by atoms with van der Waals surface area (Å²) in [5, 5.41) is 1.80. The molecule has 2 bridgehead atoms. The van der Waals surface area contributed by atoms with E-state index >= 15 is 0 Å². The molecule has 28 heavy (non-hydrogen) atoms. The lowest BCUT2D eigenvalue weighted by atomic mass is 9.63. The first kappa shape index (κ1) is 16.2. The van der Waals surface area contributed by atoms with Gasteiger partial charge in [0.25, 0.3) is 0 Å². The third-order valence-electron chi connectivity index (χ3n) is 6.69. The number of rotatable bonds is 3. The number of carbonyl (C=O) groups is 3. The number of anilines is 1. The maximum absolute atomic E-state index is 13.3. The molecule has 1 aromatic carbocycles. The van der Waals surface area contributed by atoms with Crippen LogP contribution in [-0.4, -0.2) is 17.8 Å². The monoisotopic (exact) mass is 391 g/mol. The zero-order chi connectivity index (χ0) is 19.0. The SMILES string of the molecule is O=C(Oc1ccccc1N1C(=O)[C@@H]2[C@H]3C=C[C@@H]([C@@H]4C[C@H]34)[C@@H]2C1=O)c1cccs1. The van der Waals surface area contributed by atoms with E-state index in [1.165, 1.54) is 16.2 Å². The van der Waals surface area contributed by atoms with Crippen molar-refractivity contribution in [1.29, 1.82) is 0 Å². The van der Waals surface area contributed by atoms with Gasteiger partial charge in [0.05, 0.1) is 17.5 Å². The Morgan fingerprint density at radius 2 is 1.64 bits per heavy atom. The van der Waals surface area contributed by atoms with Crippen molar-refractivity contribution in [3.05, 3.63) is 58.8 Å². The van der Waals surface area contributed by atoms with Crippen LogP contribution in [0.3, 0.4) is 0 Å². The maximum Gasteiger partial charge on any atom is 0.353 e. The lowest BCUT2D eigenvalue weighted by Gasteiger charge is -2.37. The summed E-state index contributed by atoms with van der Waals surface area (Å²) in [7, 11) is 0. The summed E-state index contributed by atoms with van der Waals surface area (Å²) in [6.45, 7) is 0. The number of thiophene rings is 1. The second-order valence-corrected chi connectivity index (χ2v) is 8.95. The van der Waals surface area contributed by atoms with E-state index in [1.54, 1.807) is 41.8 Å². The van der Waals surface area contributed by atoms with Gasteiger partial charge in [-0.2, -0.15) is 0 Å². The molecular weight excluding hydrogens is 374 g/mol. The van der Waals surface area contributed by atoms with Crippen LogP contribution < -0.4 is 9.64 Å². The van der Waals surface area contributed by atoms with E-state index in [9.17, 15) is 14.4 Å². The van der Waals surface area contributed by atoms with Gasteiger partial charge >= 0.3 is 5.97 Å². The third kappa shape index (κ3) is 2.09. The molecule has 6 heteroatoms. The Labute approximate surface area is 165 Å². The van der Waals surface area contributed by atoms with Gasteiger partial charge in [-0.15, -0.1) is 11.3 Å². The summed E-state index contributed by atoms with van der Waals surface area (Å²) in [4.78, 5) is 40.8. The van der Waals surface area contributed by atoms with Crippen molar-refractivity contribution in [2.75, 3.05) is 4.90 Å². The highest BCUT2D eigenvalue weighted by molar-refractivity contribution is 7.12. The molecule has 5 aliphatic rings. The Kier molecular flexibility index (Phi) is 3.27. The van der Waals surface area contributed by atoms with Gasteiger partial charge in [-0.05, 0) is 53.7 Å². The molecule has 0 N–H and O–H groups in total. The number of benzene rings is 1. The molecule has 7 rings (SSSR count). The molecule has 5 nitrogen and oxygen atoms in total. The van der Waals surface area contributed by atoms with Crippen LogP contribution >= 0.6 is 11.3 Å². The highest BCUT2D eigenvalue weighted by Gasteiger charge is 2.67. The molecule has 1 aromatic heterocycles. The average molecular weight is 391 g/mol. The van der Waals surface area contributed by atoms with Crippen LogP contribution in [0, 0.1) is 35.5 Å². The van der Waals surface area contributed by atoms with Gasteiger partial charge in [-0.1, -0.05) is 30.4 Å². The lowest BCUT2D eigenvalue weighted by molar-refractivity contribution is -0.124. The first-order valence-corrected chi connectivity index (χ1v) is 10.4. The van der Waals surface area contributed by atoms with Crippen LogP contribution in [0.2, 0.25) is 0 Å². The predicted octanol–water partition coefficient (Wildman–Crippen LogP) is 3.52. The molecule has 1 saturated heterocycles. The molecule has 0 radical (unpaired) electrons. The van der Waals surface area contributed by atoms with Crippen molar-refractivity contribution in [1.82, 2.24) is 0 Å². The highest BCUT2D eigenvalue weighted by atomic mass is 32.1. The summed E-state index contributed by atoms with van der Waals surface area (Å²) in [6.07, 6.45) is 5.43. The molecule has 0 spiro atoms. The fraction of sp³-hybridized carbons (Fsp3) is 0.318. The molecule has 1 aliphatic heterocycles. The summed E-state index contributed by atoms with van der Waals surface area (Å²) in [5.74, 6) is 0.358. The quantitative estimate of drug-likeness (QED) is 0.348. The number of hydrogen-bond donors (Lipinski definition) is 0. The number of ether oxygens (including phenoxy) is 1. The minimum atomic E-state index is -0.484. The average Bonchev–Trinajstić information content (AvgIpc) is 3.27. The van der Waals surface area contributed by atoms with E-state index in [0.717, 1.165) is 6.42 Å². The van der Waals surface area contributed by atoms with Crippen LogP contribution in [0.15, 0.2) is 53.9 Å². The van der Waals surface area contributed by atoms with Crippen molar-refractivity contribution in [2.45, 2.75) is 6.42 Å². The largest absolute Gasteiger partial charge is 0.420 e. The fourth-order valence-corrected chi connectivity index (χ4v) is 6.07. The first-order valence-electron chi connectivity index (χ1n) is 9.56. The Bertz CT molecular complexity index is 1010. The Morgan fingerprint density at radius 3 is 2.29 bits per heavy atom. The van der Waals surface area contributed by atoms with E-state index in [1.807, 2.05) is 0 Å². The van der Waals surface area contributed by atoms with Gasteiger partial charge in [-0.25, -0.2) is 9.69 Å². The van der Waals surface area contributed by atoms with Crippen LogP contribution in [0.1, 0.15) is 16.1 Å². The van der Waals surface area contributed by atoms with E-state index in [0.29, 0.717) is 22.4 Å². The van der Waals surface area contributed by atoms with E-state index in [4.69, 9.17) is 4.74 Å². The second-order valence-electron chi connectivity index (χ2n) is 8.00. The van der Waals surface area contributed by atoms with Crippen molar-refractivity contribution in [3.63, 3.8) is 0 Å². The van der Waals surface area contributed by atoms with Crippen molar-refractivity contribution in [3.8, 4) is 5.75 Å². The summed E-state index contributed by atoms with van der Waals surface area (Å²) in [5.41, 5.74) is 0.366. The smallest absolute Gasteiger partial charge is 0.353 e.